The number of hydrogen-bond acceptors (Lipinski definition) is 7. The second kappa shape index (κ2) is 7.98. The van der Waals surface area contributed by atoms with Crippen LogP contribution in [0.2, 0.25) is 0 Å². The molecule has 0 aliphatic carbocycles. The average molecular weight is 370 g/mol. The quantitative estimate of drug-likeness (QED) is 0.515. The Labute approximate surface area is 155 Å². The fraction of sp³-hybridized carbons (Fsp3) is 0.176. The van der Waals surface area contributed by atoms with Crippen LogP contribution in [0.4, 0.5) is 22.1 Å². The molecular formula is C17H18N6O2S. The SMILES string of the molecule is CCN(S)C(=O)Nc1ccc2ncc(Nc3cccc(CO)c3)nc2n1. The maximum Gasteiger partial charge on any atom is 0.332 e. The lowest BCUT2D eigenvalue weighted by Crippen LogP contribution is -2.27. The van der Waals surface area contributed by atoms with Crippen LogP contribution in [0.25, 0.3) is 11.2 Å². The Balaban J connectivity index is 1.83. The van der Waals surface area contributed by atoms with Gasteiger partial charge in [0.15, 0.2) is 11.5 Å². The van der Waals surface area contributed by atoms with Gasteiger partial charge in [-0.05, 0) is 36.8 Å². The number of urea groups is 1. The molecule has 0 radical (unpaired) electrons. The molecule has 0 atom stereocenters. The van der Waals surface area contributed by atoms with E-state index in [1.165, 1.54) is 4.31 Å². The molecular weight excluding hydrogens is 352 g/mol. The molecule has 3 aromatic rings. The van der Waals surface area contributed by atoms with Crippen LogP contribution in [0.15, 0.2) is 42.6 Å². The number of hydrogen-bond donors (Lipinski definition) is 4. The van der Waals surface area contributed by atoms with E-state index in [0.717, 1.165) is 11.3 Å². The summed E-state index contributed by atoms with van der Waals surface area (Å²) in [5.41, 5.74) is 2.58. The van der Waals surface area contributed by atoms with Crippen molar-refractivity contribution in [3.8, 4) is 0 Å². The van der Waals surface area contributed by atoms with E-state index in [-0.39, 0.29) is 12.6 Å². The van der Waals surface area contributed by atoms with Gasteiger partial charge in [0.1, 0.15) is 11.3 Å². The molecule has 2 amide bonds. The minimum Gasteiger partial charge on any atom is -0.392 e. The monoisotopic (exact) mass is 370 g/mol. The van der Waals surface area contributed by atoms with E-state index in [0.29, 0.717) is 29.3 Å². The molecule has 26 heavy (non-hydrogen) atoms. The van der Waals surface area contributed by atoms with E-state index >= 15 is 0 Å². The van der Waals surface area contributed by atoms with Gasteiger partial charge in [-0.1, -0.05) is 24.9 Å². The van der Waals surface area contributed by atoms with Crippen molar-refractivity contribution in [2.45, 2.75) is 13.5 Å². The largest absolute Gasteiger partial charge is 0.392 e. The van der Waals surface area contributed by atoms with Crippen LogP contribution >= 0.6 is 12.8 Å². The lowest BCUT2D eigenvalue weighted by atomic mass is 10.2. The van der Waals surface area contributed by atoms with Crippen LogP contribution in [-0.2, 0) is 6.61 Å². The zero-order valence-corrected chi connectivity index (χ0v) is 14.9. The topological polar surface area (TPSA) is 103 Å². The molecule has 134 valence electrons. The summed E-state index contributed by atoms with van der Waals surface area (Å²) in [7, 11) is 0. The molecule has 0 aliphatic rings. The summed E-state index contributed by atoms with van der Waals surface area (Å²) in [6.45, 7) is 2.24. The molecule has 0 saturated carbocycles. The van der Waals surface area contributed by atoms with Crippen molar-refractivity contribution in [2.24, 2.45) is 0 Å². The van der Waals surface area contributed by atoms with Crippen LogP contribution < -0.4 is 10.6 Å². The lowest BCUT2D eigenvalue weighted by molar-refractivity contribution is 0.240. The number of carbonyl (C=O) groups excluding carboxylic acids is 1. The van der Waals surface area contributed by atoms with E-state index in [9.17, 15) is 9.90 Å². The fourth-order valence-corrected chi connectivity index (χ4v) is 2.29. The van der Waals surface area contributed by atoms with E-state index in [2.05, 4.69) is 38.4 Å². The first-order chi connectivity index (χ1) is 12.6. The smallest absolute Gasteiger partial charge is 0.332 e. The number of nitrogens with zero attached hydrogens (tertiary/aromatic N) is 4. The number of rotatable bonds is 5. The molecule has 0 fully saturated rings. The Kier molecular flexibility index (Phi) is 5.49. The molecule has 0 saturated heterocycles. The summed E-state index contributed by atoms with van der Waals surface area (Å²) in [6, 6.07) is 10.4. The standard InChI is InChI=1S/C17H18N6O2S/c1-2-23(26)17(25)22-14-7-6-13-16(20-14)21-15(9-18-13)19-12-5-3-4-11(8-12)10-24/h3-9,24,26H,2,10H2,1H3,(H2,19,20,21,22,25). The normalized spacial score (nSPS) is 10.6. The summed E-state index contributed by atoms with van der Waals surface area (Å²) >= 11 is 4.05. The molecule has 9 heteroatoms. The van der Waals surface area contributed by atoms with Gasteiger partial charge in [-0.15, -0.1) is 0 Å². The summed E-state index contributed by atoms with van der Waals surface area (Å²) in [5, 5.41) is 15.0. The number of aliphatic hydroxyl groups excluding tert-OH is 1. The number of aromatic nitrogens is 3. The molecule has 0 aliphatic heterocycles. The number of nitrogens with one attached hydrogen (secondary N) is 2. The van der Waals surface area contributed by atoms with Crippen molar-refractivity contribution in [3.05, 3.63) is 48.2 Å². The van der Waals surface area contributed by atoms with Gasteiger partial charge >= 0.3 is 6.03 Å². The third-order valence-electron chi connectivity index (χ3n) is 3.56. The van der Waals surface area contributed by atoms with Gasteiger partial charge in [0.2, 0.25) is 0 Å². The number of anilines is 3. The van der Waals surface area contributed by atoms with Crippen molar-refractivity contribution >= 4 is 47.3 Å². The van der Waals surface area contributed by atoms with Crippen molar-refractivity contribution < 1.29 is 9.90 Å². The minimum atomic E-state index is -0.370. The van der Waals surface area contributed by atoms with Crippen LogP contribution in [0.3, 0.4) is 0 Å². The zero-order valence-electron chi connectivity index (χ0n) is 14.0. The van der Waals surface area contributed by atoms with Gasteiger partial charge < -0.3 is 10.4 Å². The first-order valence-electron chi connectivity index (χ1n) is 7.97. The Morgan fingerprint density at radius 3 is 2.81 bits per heavy atom. The highest BCUT2D eigenvalue weighted by Crippen LogP contribution is 2.18. The molecule has 2 heterocycles. The third-order valence-corrected chi connectivity index (χ3v) is 4.02. The number of fused-ring (bicyclic) bond motifs is 1. The van der Waals surface area contributed by atoms with Crippen molar-refractivity contribution in [2.75, 3.05) is 17.2 Å². The highest BCUT2D eigenvalue weighted by molar-refractivity contribution is 7.78. The van der Waals surface area contributed by atoms with Gasteiger partial charge in [0, 0.05) is 12.2 Å². The summed E-state index contributed by atoms with van der Waals surface area (Å²) in [6.07, 6.45) is 1.60. The van der Waals surface area contributed by atoms with Crippen LogP contribution in [-0.4, -0.2) is 36.9 Å². The van der Waals surface area contributed by atoms with E-state index in [1.54, 1.807) is 18.3 Å². The number of thiol groups is 1. The van der Waals surface area contributed by atoms with E-state index in [4.69, 9.17) is 0 Å². The van der Waals surface area contributed by atoms with Crippen LogP contribution in [0.5, 0.6) is 0 Å². The number of carbonyl (C=O) groups is 1. The lowest BCUT2D eigenvalue weighted by Gasteiger charge is -2.13. The number of benzene rings is 1. The number of amides is 2. The first kappa shape index (κ1) is 17.9. The zero-order chi connectivity index (χ0) is 18.5. The van der Waals surface area contributed by atoms with Crippen LogP contribution in [0.1, 0.15) is 12.5 Å². The predicted molar refractivity (Wildman–Crippen MR) is 103 cm³/mol. The molecule has 0 bridgehead atoms. The molecule has 1 aromatic carbocycles. The first-order valence-corrected chi connectivity index (χ1v) is 8.37. The maximum absolute atomic E-state index is 11.9. The van der Waals surface area contributed by atoms with Gasteiger partial charge in [0.05, 0.1) is 12.8 Å². The predicted octanol–water partition coefficient (Wildman–Crippen LogP) is 2.96. The highest BCUT2D eigenvalue weighted by atomic mass is 32.1. The third kappa shape index (κ3) is 4.19. The van der Waals surface area contributed by atoms with Gasteiger partial charge in [-0.3, -0.25) is 9.62 Å². The Morgan fingerprint density at radius 2 is 2.04 bits per heavy atom. The molecule has 8 nitrogen and oxygen atoms in total. The summed E-state index contributed by atoms with van der Waals surface area (Å²) in [5.74, 6) is 0.872. The highest BCUT2D eigenvalue weighted by Gasteiger charge is 2.10. The minimum absolute atomic E-state index is 0.0382. The molecule has 0 spiro atoms. The fourth-order valence-electron chi connectivity index (χ4n) is 2.24. The van der Waals surface area contributed by atoms with Crippen molar-refractivity contribution in [1.29, 1.82) is 0 Å². The van der Waals surface area contributed by atoms with Crippen molar-refractivity contribution in [1.82, 2.24) is 19.3 Å². The van der Waals surface area contributed by atoms with Gasteiger partial charge in [0.25, 0.3) is 0 Å². The second-order valence-corrected chi connectivity index (χ2v) is 5.91. The Bertz CT molecular complexity index is 936. The van der Waals surface area contributed by atoms with Gasteiger partial charge in [-0.25, -0.2) is 19.7 Å². The molecule has 2 aromatic heterocycles. The van der Waals surface area contributed by atoms with E-state index < -0.39 is 0 Å². The maximum atomic E-state index is 11.9. The molecule has 0 unspecified atom stereocenters. The molecule has 3 rings (SSSR count). The van der Waals surface area contributed by atoms with E-state index in [1.807, 2.05) is 31.2 Å². The Hall–Kier alpha value is -2.91. The molecule has 3 N–H and O–H groups in total. The average Bonchev–Trinajstić information content (AvgIpc) is 2.67. The van der Waals surface area contributed by atoms with Crippen LogP contribution in [0, 0.1) is 0 Å². The number of pyridine rings is 1. The van der Waals surface area contributed by atoms with Gasteiger partial charge in [-0.2, -0.15) is 0 Å². The summed E-state index contributed by atoms with van der Waals surface area (Å²) < 4.78 is 1.24. The Morgan fingerprint density at radius 1 is 1.23 bits per heavy atom. The van der Waals surface area contributed by atoms with Crippen molar-refractivity contribution in [3.63, 3.8) is 0 Å². The summed E-state index contributed by atoms with van der Waals surface area (Å²) in [4.78, 5) is 24.9. The second-order valence-electron chi connectivity index (χ2n) is 5.42. The number of aliphatic hydroxyl groups is 1.